The summed E-state index contributed by atoms with van der Waals surface area (Å²) < 4.78 is 66.9. The number of nitrogens with zero attached hydrogens (tertiary/aromatic N) is 2. The Morgan fingerprint density at radius 2 is 1.70 bits per heavy atom. The van der Waals surface area contributed by atoms with Crippen molar-refractivity contribution in [2.75, 3.05) is 19.8 Å². The number of carbonyl (C=O) groups excluding carboxylic acids is 5. The number of alkyl halides is 3. The molecule has 1 aromatic carbocycles. The topological polar surface area (TPSA) is 179 Å². The van der Waals surface area contributed by atoms with E-state index < -0.39 is 108 Å². The van der Waals surface area contributed by atoms with E-state index in [1.54, 1.807) is 45.0 Å². The van der Waals surface area contributed by atoms with Gasteiger partial charge in [0.15, 0.2) is 18.4 Å². The lowest BCUT2D eigenvalue weighted by Crippen LogP contribution is -2.70. The number of likely N-dealkylation sites (tertiary alicyclic amines) is 1. The highest BCUT2D eigenvalue weighted by atomic mass is 19.4. The van der Waals surface area contributed by atoms with Gasteiger partial charge in [0.05, 0.1) is 19.2 Å². The molecule has 3 aliphatic carbocycles. The zero-order valence-corrected chi connectivity index (χ0v) is 33.8. The van der Waals surface area contributed by atoms with Crippen LogP contribution in [0.5, 0.6) is 0 Å². The summed E-state index contributed by atoms with van der Waals surface area (Å²) in [4.78, 5) is 76.0. The number of fused-ring (bicyclic) bond motifs is 4. The molecule has 1 aromatic rings. The van der Waals surface area contributed by atoms with E-state index in [9.17, 15) is 37.5 Å². The minimum Gasteiger partial charge on any atom is -0.460 e. The van der Waals surface area contributed by atoms with E-state index in [4.69, 9.17) is 23.8 Å². The lowest BCUT2D eigenvalue weighted by Gasteiger charge is -2.50. The Morgan fingerprint density at radius 3 is 2.33 bits per heavy atom. The number of amides is 2. The van der Waals surface area contributed by atoms with Crippen LogP contribution in [-0.4, -0.2) is 125 Å². The van der Waals surface area contributed by atoms with Gasteiger partial charge in [-0.3, -0.25) is 24.0 Å². The first-order valence-electron chi connectivity index (χ1n) is 20.8. The third-order valence-corrected chi connectivity index (χ3v) is 12.5. The van der Waals surface area contributed by atoms with Gasteiger partial charge in [0, 0.05) is 37.3 Å². The zero-order valence-electron chi connectivity index (χ0n) is 33.8. The molecule has 15 nitrogen and oxygen atoms in total. The molecule has 7 aliphatic rings. The van der Waals surface area contributed by atoms with Gasteiger partial charge in [-0.25, -0.2) is 4.79 Å². The van der Waals surface area contributed by atoms with Crippen LogP contribution in [0.3, 0.4) is 0 Å². The molecule has 4 aliphatic heterocycles. The van der Waals surface area contributed by atoms with Crippen LogP contribution >= 0.6 is 0 Å². The molecule has 4 saturated heterocycles. The first kappa shape index (κ1) is 42.6. The van der Waals surface area contributed by atoms with Crippen molar-refractivity contribution in [3.05, 3.63) is 41.5 Å². The van der Waals surface area contributed by atoms with Gasteiger partial charge >= 0.3 is 24.1 Å². The highest BCUT2D eigenvalue weighted by Crippen LogP contribution is 2.64. The summed E-state index contributed by atoms with van der Waals surface area (Å²) in [6, 6.07) is 3.74. The van der Waals surface area contributed by atoms with Gasteiger partial charge in [0.2, 0.25) is 11.8 Å². The standard InChI is InChI=1S/C42H52F3N3O12/c1-39(2,3)57-31(51)17-15-27(21-49)46-36(52)28-5-4-18-47(28)38(54)40-19-29-32-33(59-42(58-32,25-11-12-25)26-13-14-26)35(40)60-48(34(40)37(53)56-29)20-24-8-6-23(7-9-24)10-16-30(50)55-22-41(43,44)45/h6-10,16,25-29,32-35,49H,4-5,11-15,17-22H2,1-3H3,(H,46,52)/t27-,28+,29+,32-,33-,34-,35+,40-/m0/s1. The van der Waals surface area contributed by atoms with Crippen LogP contribution in [0.1, 0.15) is 89.7 Å². The van der Waals surface area contributed by atoms with E-state index in [0.717, 1.165) is 31.8 Å². The Morgan fingerprint density at radius 1 is 1.02 bits per heavy atom. The molecule has 18 heteroatoms. The van der Waals surface area contributed by atoms with Crippen molar-refractivity contribution < 1.29 is 70.8 Å². The van der Waals surface area contributed by atoms with Crippen LogP contribution in [0.25, 0.3) is 6.08 Å². The van der Waals surface area contributed by atoms with E-state index in [2.05, 4.69) is 10.1 Å². The Labute approximate surface area is 345 Å². The third-order valence-electron chi connectivity index (χ3n) is 12.5. The Bertz CT molecular complexity index is 1870. The molecule has 2 N–H and O–H groups in total. The first-order chi connectivity index (χ1) is 28.4. The number of carbonyl (C=O) groups is 5. The van der Waals surface area contributed by atoms with Gasteiger partial charge in [-0.05, 0) is 82.9 Å². The summed E-state index contributed by atoms with van der Waals surface area (Å²) in [5.41, 5.74) is -1.08. The molecule has 60 heavy (non-hydrogen) atoms. The van der Waals surface area contributed by atoms with E-state index in [0.29, 0.717) is 24.0 Å². The zero-order chi connectivity index (χ0) is 42.8. The minimum absolute atomic E-state index is 0.0158. The molecular formula is C42H52F3N3O12. The summed E-state index contributed by atoms with van der Waals surface area (Å²) >= 11 is 0. The van der Waals surface area contributed by atoms with Gasteiger partial charge in [-0.15, -0.1) is 0 Å². The number of hydrogen-bond donors (Lipinski definition) is 2. The number of hydroxylamine groups is 2. The quantitative estimate of drug-likeness (QED) is 0.158. The van der Waals surface area contributed by atoms with Crippen LogP contribution in [0, 0.1) is 17.3 Å². The first-order valence-corrected chi connectivity index (χ1v) is 20.8. The largest absolute Gasteiger partial charge is 0.460 e. The number of benzene rings is 1. The lowest BCUT2D eigenvalue weighted by atomic mass is 9.62. The molecule has 0 spiro atoms. The van der Waals surface area contributed by atoms with Crippen molar-refractivity contribution in [2.24, 2.45) is 17.3 Å². The van der Waals surface area contributed by atoms with E-state index in [1.165, 1.54) is 16.0 Å². The summed E-state index contributed by atoms with van der Waals surface area (Å²) in [7, 11) is 0. The predicted molar refractivity (Wildman–Crippen MR) is 200 cm³/mol. The number of nitrogens with one attached hydrogen (secondary N) is 1. The van der Waals surface area contributed by atoms with Crippen molar-refractivity contribution in [1.29, 1.82) is 0 Å². The van der Waals surface area contributed by atoms with E-state index in [-0.39, 0.29) is 44.2 Å². The summed E-state index contributed by atoms with van der Waals surface area (Å²) in [6.45, 7) is 3.36. The van der Waals surface area contributed by atoms with Crippen LogP contribution in [0.4, 0.5) is 13.2 Å². The predicted octanol–water partition coefficient (Wildman–Crippen LogP) is 3.50. The molecule has 0 aromatic heterocycles. The fraction of sp³-hybridized carbons (Fsp3) is 0.690. The third kappa shape index (κ3) is 8.41. The second kappa shape index (κ2) is 16.0. The van der Waals surface area contributed by atoms with Crippen LogP contribution in [-0.2, 0) is 59.0 Å². The normalized spacial score (nSPS) is 31.4. The average molecular weight is 848 g/mol. The second-order valence-electron chi connectivity index (χ2n) is 18.1. The van der Waals surface area contributed by atoms with Gasteiger partial charge in [0.25, 0.3) is 0 Å². The molecule has 8 rings (SSSR count). The van der Waals surface area contributed by atoms with Crippen molar-refractivity contribution in [1.82, 2.24) is 15.3 Å². The number of halogens is 3. The Balaban J connectivity index is 1.04. The highest BCUT2D eigenvalue weighted by Gasteiger charge is 2.78. The van der Waals surface area contributed by atoms with Crippen molar-refractivity contribution >= 4 is 35.8 Å². The summed E-state index contributed by atoms with van der Waals surface area (Å²) in [6.07, 6.45) is -0.929. The highest BCUT2D eigenvalue weighted by molar-refractivity contribution is 5.96. The number of esters is 3. The molecular weight excluding hydrogens is 795 g/mol. The average Bonchev–Trinajstić information content (AvgIpc) is 4.11. The lowest BCUT2D eigenvalue weighted by molar-refractivity contribution is -0.235. The maximum atomic E-state index is 15.4. The molecule has 8 atom stereocenters. The van der Waals surface area contributed by atoms with Gasteiger partial charge < -0.3 is 39.0 Å². The van der Waals surface area contributed by atoms with E-state index >= 15 is 4.79 Å². The molecule has 3 saturated carbocycles. The minimum atomic E-state index is -4.65. The Hall–Kier alpha value is -4.10. The summed E-state index contributed by atoms with van der Waals surface area (Å²) in [5, 5.41) is 14.4. The summed E-state index contributed by atoms with van der Waals surface area (Å²) in [5.74, 6) is -3.74. The van der Waals surface area contributed by atoms with Crippen molar-refractivity contribution in [3.8, 4) is 0 Å². The molecule has 2 bridgehead atoms. The van der Waals surface area contributed by atoms with Gasteiger partial charge in [-0.1, -0.05) is 24.3 Å². The monoisotopic (exact) mass is 847 g/mol. The van der Waals surface area contributed by atoms with E-state index in [1.807, 2.05) is 0 Å². The number of rotatable bonds is 14. The van der Waals surface area contributed by atoms with Crippen molar-refractivity contribution in [2.45, 2.75) is 145 Å². The molecule has 0 radical (unpaired) electrons. The fourth-order valence-corrected chi connectivity index (χ4v) is 9.67. The van der Waals surface area contributed by atoms with Crippen LogP contribution in [0.2, 0.25) is 0 Å². The smallest absolute Gasteiger partial charge is 0.422 e. The maximum Gasteiger partial charge on any atom is 0.422 e. The number of aliphatic hydroxyl groups is 1. The number of hydrogen-bond acceptors (Lipinski definition) is 13. The SMILES string of the molecule is CC(C)(C)OC(=O)CC[C@@H](CO)NC(=O)[C@H]1CCCN1C(=O)[C@@]12C[C@H]3OC(=O)[C@@H]1N(Cc1ccc(C=CC(=O)OCC(F)(F)F)cc1)O[C@@H]2[C@H]1OC(C2CC2)(C2CC2)O[C@H]13. The molecule has 7 fully saturated rings. The molecule has 0 unspecified atom stereocenters. The Kier molecular flexibility index (Phi) is 11.3. The molecule has 2 amide bonds. The van der Waals surface area contributed by atoms with Crippen LogP contribution < -0.4 is 5.32 Å². The van der Waals surface area contributed by atoms with Gasteiger partial charge in [0.1, 0.15) is 41.5 Å². The fourth-order valence-electron chi connectivity index (χ4n) is 9.67. The van der Waals surface area contributed by atoms with Crippen LogP contribution in [0.15, 0.2) is 30.3 Å². The number of aliphatic hydroxyl groups excluding tert-OH is 1. The molecule has 328 valence electrons. The van der Waals surface area contributed by atoms with Crippen molar-refractivity contribution in [3.63, 3.8) is 0 Å². The molecule has 4 heterocycles. The van der Waals surface area contributed by atoms with Gasteiger partial charge in [-0.2, -0.15) is 18.2 Å². The second-order valence-corrected chi connectivity index (χ2v) is 18.1. The maximum absolute atomic E-state index is 15.4. The number of ether oxygens (including phenoxy) is 5.